The molecule has 0 fully saturated rings. The van der Waals surface area contributed by atoms with Crippen LogP contribution in [0.3, 0.4) is 0 Å². The summed E-state index contributed by atoms with van der Waals surface area (Å²) in [5, 5.41) is 2.92. The van der Waals surface area contributed by atoms with Crippen molar-refractivity contribution in [3.63, 3.8) is 0 Å². The van der Waals surface area contributed by atoms with Crippen LogP contribution in [0, 0.1) is 5.41 Å². The van der Waals surface area contributed by atoms with Gasteiger partial charge >= 0.3 is 0 Å². The summed E-state index contributed by atoms with van der Waals surface area (Å²) in [4.78, 5) is 11.6. The van der Waals surface area contributed by atoms with Gasteiger partial charge in [0.2, 0.25) is 5.91 Å². The van der Waals surface area contributed by atoms with Gasteiger partial charge in [0.1, 0.15) is 0 Å². The smallest absolute Gasteiger partial charge is 0.236 e. The minimum absolute atomic E-state index is 0.00928. The molecule has 0 rings (SSSR count). The third-order valence-electron chi connectivity index (χ3n) is 2.90. The third-order valence-corrected chi connectivity index (χ3v) is 2.90. The maximum Gasteiger partial charge on any atom is 0.236 e. The molecule has 0 aliphatic rings. The zero-order valence-corrected chi connectivity index (χ0v) is 10.6. The fourth-order valence-corrected chi connectivity index (χ4v) is 1.14. The Bertz CT molecular complexity index is 190. The van der Waals surface area contributed by atoms with Gasteiger partial charge < -0.3 is 11.1 Å². The van der Waals surface area contributed by atoms with E-state index in [2.05, 4.69) is 33.0 Å². The van der Waals surface area contributed by atoms with E-state index in [1.165, 1.54) is 0 Å². The second-order valence-electron chi connectivity index (χ2n) is 4.98. The number of nitrogens with one attached hydrogen (secondary N) is 1. The molecule has 0 aliphatic heterocycles. The van der Waals surface area contributed by atoms with Crippen LogP contribution in [0.25, 0.3) is 0 Å². The van der Waals surface area contributed by atoms with E-state index in [1.54, 1.807) is 0 Å². The number of nitrogens with two attached hydrogens (primary N) is 1. The van der Waals surface area contributed by atoms with Gasteiger partial charge in [-0.05, 0) is 18.3 Å². The number of carbonyl (C=O) groups excluding carboxylic acids is 1. The summed E-state index contributed by atoms with van der Waals surface area (Å²) in [5.74, 6) is -0.00928. The molecule has 15 heavy (non-hydrogen) atoms. The Kier molecular flexibility index (Phi) is 6.57. The van der Waals surface area contributed by atoms with Crippen LogP contribution in [-0.4, -0.2) is 18.5 Å². The van der Waals surface area contributed by atoms with Gasteiger partial charge in [-0.1, -0.05) is 40.5 Å². The molecule has 0 bridgehead atoms. The van der Waals surface area contributed by atoms with Crippen molar-refractivity contribution < 1.29 is 4.79 Å². The molecule has 0 aliphatic carbocycles. The summed E-state index contributed by atoms with van der Waals surface area (Å²) in [6.07, 6.45) is 3.94. The van der Waals surface area contributed by atoms with Crippen LogP contribution in [0.4, 0.5) is 0 Å². The Balaban J connectivity index is 3.82. The summed E-state index contributed by atoms with van der Waals surface area (Å²) in [6, 6.07) is -0.336. The molecule has 0 saturated carbocycles. The second kappa shape index (κ2) is 6.83. The Morgan fingerprint density at radius 3 is 2.47 bits per heavy atom. The first-order valence-corrected chi connectivity index (χ1v) is 5.96. The summed E-state index contributed by atoms with van der Waals surface area (Å²) >= 11 is 0. The van der Waals surface area contributed by atoms with Crippen LogP contribution in [0.15, 0.2) is 0 Å². The molecule has 3 N–H and O–H groups in total. The highest BCUT2D eigenvalue weighted by Gasteiger charge is 2.18. The Labute approximate surface area is 93.8 Å². The van der Waals surface area contributed by atoms with Crippen molar-refractivity contribution in [2.75, 3.05) is 6.54 Å². The highest BCUT2D eigenvalue weighted by atomic mass is 16.2. The number of amides is 1. The fraction of sp³-hybridized carbons (Fsp3) is 0.917. The quantitative estimate of drug-likeness (QED) is 0.681. The van der Waals surface area contributed by atoms with Crippen LogP contribution in [-0.2, 0) is 4.79 Å². The highest BCUT2D eigenvalue weighted by Crippen LogP contribution is 2.17. The minimum atomic E-state index is -0.336. The average molecular weight is 214 g/mol. The van der Waals surface area contributed by atoms with Gasteiger partial charge in [0.25, 0.3) is 0 Å². The van der Waals surface area contributed by atoms with E-state index >= 15 is 0 Å². The summed E-state index contributed by atoms with van der Waals surface area (Å²) in [6.45, 7) is 9.23. The number of hydrogen-bond acceptors (Lipinski definition) is 2. The van der Waals surface area contributed by atoms with Crippen LogP contribution in [0.2, 0.25) is 0 Å². The van der Waals surface area contributed by atoms with Crippen molar-refractivity contribution in [3.8, 4) is 0 Å². The molecule has 0 aromatic carbocycles. The third kappa shape index (κ3) is 6.50. The molecular formula is C12H26N2O. The van der Waals surface area contributed by atoms with Gasteiger partial charge in [-0.3, -0.25) is 4.79 Å². The summed E-state index contributed by atoms with van der Waals surface area (Å²) in [7, 11) is 0. The standard InChI is InChI=1S/C12H26N2O/c1-5-7-8-10(13)11(15)14-9-12(3,4)6-2/h10H,5-9,13H2,1-4H3,(H,14,15). The predicted molar refractivity (Wildman–Crippen MR) is 64.6 cm³/mol. The summed E-state index contributed by atoms with van der Waals surface area (Å²) in [5.41, 5.74) is 5.93. The molecule has 3 heteroatoms. The lowest BCUT2D eigenvalue weighted by Gasteiger charge is -2.24. The van der Waals surface area contributed by atoms with Gasteiger partial charge in [0.15, 0.2) is 0 Å². The Morgan fingerprint density at radius 2 is 2.00 bits per heavy atom. The SMILES string of the molecule is CCCCC(N)C(=O)NCC(C)(C)CC. The maximum atomic E-state index is 11.6. The van der Waals surface area contributed by atoms with Crippen LogP contribution < -0.4 is 11.1 Å². The molecule has 90 valence electrons. The van der Waals surface area contributed by atoms with Crippen molar-refractivity contribution >= 4 is 5.91 Å². The van der Waals surface area contributed by atoms with Crippen LogP contribution in [0.1, 0.15) is 53.4 Å². The van der Waals surface area contributed by atoms with Gasteiger partial charge in [-0.2, -0.15) is 0 Å². The molecule has 0 heterocycles. The number of unbranched alkanes of at least 4 members (excludes halogenated alkanes) is 1. The number of carbonyl (C=O) groups is 1. The minimum Gasteiger partial charge on any atom is -0.354 e. The van der Waals surface area contributed by atoms with Gasteiger partial charge in [0, 0.05) is 6.54 Å². The number of rotatable bonds is 7. The van der Waals surface area contributed by atoms with Crippen molar-refractivity contribution in [1.82, 2.24) is 5.32 Å². The molecule has 0 aromatic heterocycles. The lowest BCUT2D eigenvalue weighted by Crippen LogP contribution is -2.43. The Hall–Kier alpha value is -0.570. The molecule has 0 saturated heterocycles. The van der Waals surface area contributed by atoms with E-state index in [9.17, 15) is 4.79 Å². The molecule has 1 amide bonds. The van der Waals surface area contributed by atoms with E-state index in [-0.39, 0.29) is 17.4 Å². The van der Waals surface area contributed by atoms with Crippen LogP contribution >= 0.6 is 0 Å². The second-order valence-corrected chi connectivity index (χ2v) is 4.98. The molecule has 0 spiro atoms. The van der Waals surface area contributed by atoms with Crippen molar-refractivity contribution in [3.05, 3.63) is 0 Å². The van der Waals surface area contributed by atoms with E-state index in [0.29, 0.717) is 6.54 Å². The predicted octanol–water partition coefficient (Wildman–Crippen LogP) is 2.06. The van der Waals surface area contributed by atoms with Gasteiger partial charge in [-0.25, -0.2) is 0 Å². The van der Waals surface area contributed by atoms with Crippen molar-refractivity contribution in [2.24, 2.45) is 11.1 Å². The van der Waals surface area contributed by atoms with E-state index < -0.39 is 0 Å². The fourth-order valence-electron chi connectivity index (χ4n) is 1.14. The topological polar surface area (TPSA) is 55.1 Å². The first kappa shape index (κ1) is 14.4. The molecule has 1 unspecified atom stereocenters. The first-order chi connectivity index (χ1) is 6.93. The van der Waals surface area contributed by atoms with E-state index in [1.807, 2.05) is 0 Å². The molecule has 0 radical (unpaired) electrons. The number of hydrogen-bond donors (Lipinski definition) is 2. The largest absolute Gasteiger partial charge is 0.354 e. The molecular weight excluding hydrogens is 188 g/mol. The molecule has 1 atom stereocenters. The lowest BCUT2D eigenvalue weighted by atomic mass is 9.90. The summed E-state index contributed by atoms with van der Waals surface area (Å²) < 4.78 is 0. The first-order valence-electron chi connectivity index (χ1n) is 5.96. The van der Waals surface area contributed by atoms with E-state index in [4.69, 9.17) is 5.73 Å². The van der Waals surface area contributed by atoms with Gasteiger partial charge in [0.05, 0.1) is 6.04 Å². The zero-order valence-electron chi connectivity index (χ0n) is 10.6. The molecule has 3 nitrogen and oxygen atoms in total. The van der Waals surface area contributed by atoms with E-state index in [0.717, 1.165) is 25.7 Å². The monoisotopic (exact) mass is 214 g/mol. The van der Waals surface area contributed by atoms with Gasteiger partial charge in [-0.15, -0.1) is 0 Å². The van der Waals surface area contributed by atoms with Crippen LogP contribution in [0.5, 0.6) is 0 Å². The van der Waals surface area contributed by atoms with Crippen molar-refractivity contribution in [2.45, 2.75) is 59.4 Å². The van der Waals surface area contributed by atoms with Crippen molar-refractivity contribution in [1.29, 1.82) is 0 Å². The zero-order chi connectivity index (χ0) is 11.9. The highest BCUT2D eigenvalue weighted by molar-refractivity contribution is 5.81. The lowest BCUT2D eigenvalue weighted by molar-refractivity contribution is -0.123. The maximum absolute atomic E-state index is 11.6. The molecule has 0 aromatic rings. The average Bonchev–Trinajstić information content (AvgIpc) is 2.22. The normalized spacial score (nSPS) is 13.7. The Morgan fingerprint density at radius 1 is 1.40 bits per heavy atom.